The van der Waals surface area contributed by atoms with Gasteiger partial charge in [0.25, 0.3) is 0 Å². The lowest BCUT2D eigenvalue weighted by Crippen LogP contribution is -2.53. The van der Waals surface area contributed by atoms with Crippen LogP contribution in [0.25, 0.3) is 0 Å². The largest absolute Gasteiger partial charge is 0.350 e. The van der Waals surface area contributed by atoms with Crippen LogP contribution in [0.4, 0.5) is 0 Å². The topological polar surface area (TPSA) is 46.2 Å². The molecule has 0 heterocycles. The number of nitrogens with one attached hydrogen (secondary N) is 1. The number of rotatable bonds is 15. The highest BCUT2D eigenvalue weighted by Crippen LogP contribution is 2.55. The molecule has 0 aromatic heterocycles. The molecule has 0 saturated heterocycles. The lowest BCUT2D eigenvalue weighted by atomic mass is 9.75. The van der Waals surface area contributed by atoms with Crippen molar-refractivity contribution in [3.8, 4) is 0 Å². The van der Waals surface area contributed by atoms with Crippen molar-refractivity contribution in [2.45, 2.75) is 123 Å². The van der Waals surface area contributed by atoms with Crippen molar-refractivity contribution in [3.63, 3.8) is 0 Å². The second-order valence-corrected chi connectivity index (χ2v) is 9.46. The Morgan fingerprint density at radius 2 is 1.37 bits per heavy atom. The number of Topliss-reactive ketones (excluding diaryl/α,β-unsaturated/α-hetero) is 1. The van der Waals surface area contributed by atoms with Crippen molar-refractivity contribution in [2.75, 3.05) is 0 Å². The first-order valence-electron chi connectivity index (χ1n) is 11.8. The summed E-state index contributed by atoms with van der Waals surface area (Å²) in [6.45, 7) is 6.20. The molecule has 0 aromatic rings. The maximum Gasteiger partial charge on any atom is 0.223 e. The van der Waals surface area contributed by atoms with Crippen molar-refractivity contribution < 1.29 is 9.59 Å². The summed E-state index contributed by atoms with van der Waals surface area (Å²) >= 11 is 0. The van der Waals surface area contributed by atoms with Gasteiger partial charge in [-0.2, -0.15) is 0 Å². The average molecular weight is 378 g/mol. The summed E-state index contributed by atoms with van der Waals surface area (Å²) in [5.74, 6) is 1.51. The van der Waals surface area contributed by atoms with Gasteiger partial charge in [0.05, 0.1) is 0 Å². The van der Waals surface area contributed by atoms with E-state index in [1.807, 2.05) is 0 Å². The number of hydrogen-bond donors (Lipinski definition) is 1. The zero-order chi connectivity index (χ0) is 19.7. The van der Waals surface area contributed by atoms with Gasteiger partial charge in [0.1, 0.15) is 5.78 Å². The van der Waals surface area contributed by atoms with Gasteiger partial charge in [-0.15, -0.1) is 0 Å². The summed E-state index contributed by atoms with van der Waals surface area (Å²) in [4.78, 5) is 24.8. The minimum Gasteiger partial charge on any atom is -0.350 e. The SMILES string of the molecule is CCCCCCCCC(CCCCCC)C(=O)NC12CC(C1)C(C(C)=O)C2. The van der Waals surface area contributed by atoms with Crippen LogP contribution in [-0.2, 0) is 9.59 Å². The van der Waals surface area contributed by atoms with Crippen LogP contribution in [-0.4, -0.2) is 17.2 Å². The van der Waals surface area contributed by atoms with Gasteiger partial charge in [0.2, 0.25) is 5.91 Å². The van der Waals surface area contributed by atoms with E-state index < -0.39 is 0 Å². The molecule has 3 fully saturated rings. The van der Waals surface area contributed by atoms with E-state index in [4.69, 9.17) is 0 Å². The standard InChI is InChI=1S/C24H43NO2/c1-4-6-8-10-11-13-15-20(14-12-9-7-5-2)23(27)25-24-16-21(17-24)22(18-24)19(3)26/h20-22H,4-18H2,1-3H3,(H,25,27). The number of fused-ring (bicyclic) bond motifs is 1. The predicted octanol–water partition coefficient (Wildman–Crippen LogP) is 6.20. The van der Waals surface area contributed by atoms with Crippen LogP contribution in [0.3, 0.4) is 0 Å². The molecule has 2 unspecified atom stereocenters. The van der Waals surface area contributed by atoms with E-state index in [9.17, 15) is 9.59 Å². The Morgan fingerprint density at radius 3 is 1.89 bits per heavy atom. The summed E-state index contributed by atoms with van der Waals surface area (Å²) in [6.07, 6.45) is 17.7. The van der Waals surface area contributed by atoms with Crippen LogP contribution in [0.1, 0.15) is 117 Å². The molecule has 2 atom stereocenters. The minimum absolute atomic E-state index is 0.0408. The second-order valence-electron chi connectivity index (χ2n) is 9.46. The summed E-state index contributed by atoms with van der Waals surface area (Å²) < 4.78 is 0. The number of amides is 1. The van der Waals surface area contributed by atoms with Gasteiger partial charge in [0.15, 0.2) is 0 Å². The highest BCUT2D eigenvalue weighted by Gasteiger charge is 2.58. The number of ketones is 1. The van der Waals surface area contributed by atoms with E-state index in [1.165, 1.54) is 64.2 Å². The fourth-order valence-corrected chi connectivity index (χ4v) is 5.37. The first kappa shape index (κ1) is 22.4. The quantitative estimate of drug-likeness (QED) is 0.345. The molecule has 0 radical (unpaired) electrons. The number of carbonyl (C=O) groups excluding carboxylic acids is 2. The summed E-state index contributed by atoms with van der Waals surface area (Å²) in [6, 6.07) is 0. The highest BCUT2D eigenvalue weighted by molar-refractivity contribution is 5.82. The summed E-state index contributed by atoms with van der Waals surface area (Å²) in [5, 5.41) is 3.42. The zero-order valence-corrected chi connectivity index (χ0v) is 18.2. The third kappa shape index (κ3) is 6.61. The van der Waals surface area contributed by atoms with Crippen LogP contribution in [0.5, 0.6) is 0 Å². The summed E-state index contributed by atoms with van der Waals surface area (Å²) in [7, 11) is 0. The molecule has 3 saturated carbocycles. The van der Waals surface area contributed by atoms with Crippen molar-refractivity contribution in [1.29, 1.82) is 0 Å². The van der Waals surface area contributed by atoms with Crippen molar-refractivity contribution in [3.05, 3.63) is 0 Å². The second kappa shape index (κ2) is 11.2. The van der Waals surface area contributed by atoms with Gasteiger partial charge in [-0.05, 0) is 44.9 Å². The molecule has 0 aromatic carbocycles. The molecular weight excluding hydrogens is 334 g/mol. The highest BCUT2D eigenvalue weighted by atomic mass is 16.2. The van der Waals surface area contributed by atoms with Gasteiger partial charge in [-0.1, -0.05) is 78.1 Å². The van der Waals surface area contributed by atoms with E-state index in [0.717, 1.165) is 32.1 Å². The molecule has 0 spiro atoms. The molecule has 1 amide bonds. The Hall–Kier alpha value is -0.860. The molecule has 0 aliphatic heterocycles. The van der Waals surface area contributed by atoms with Gasteiger partial charge in [0, 0.05) is 17.4 Å². The van der Waals surface area contributed by atoms with E-state index in [0.29, 0.717) is 11.7 Å². The molecule has 3 nitrogen and oxygen atoms in total. The fourth-order valence-electron chi connectivity index (χ4n) is 5.37. The van der Waals surface area contributed by atoms with Crippen molar-refractivity contribution in [1.82, 2.24) is 5.32 Å². The first-order valence-corrected chi connectivity index (χ1v) is 11.8. The maximum absolute atomic E-state index is 13.0. The van der Waals surface area contributed by atoms with Crippen molar-refractivity contribution in [2.24, 2.45) is 17.8 Å². The Labute approximate surface area is 167 Å². The van der Waals surface area contributed by atoms with Crippen LogP contribution in [0.15, 0.2) is 0 Å². The third-order valence-electron chi connectivity index (χ3n) is 7.08. The van der Waals surface area contributed by atoms with Gasteiger partial charge >= 0.3 is 0 Å². The van der Waals surface area contributed by atoms with Crippen LogP contribution in [0.2, 0.25) is 0 Å². The zero-order valence-electron chi connectivity index (χ0n) is 18.2. The Balaban J connectivity index is 1.78. The molecule has 156 valence electrons. The van der Waals surface area contributed by atoms with Crippen LogP contribution >= 0.6 is 0 Å². The number of hydrogen-bond acceptors (Lipinski definition) is 2. The molecule has 3 rings (SSSR count). The van der Waals surface area contributed by atoms with Gasteiger partial charge < -0.3 is 5.32 Å². The predicted molar refractivity (Wildman–Crippen MR) is 113 cm³/mol. The molecular formula is C24H43NO2. The third-order valence-corrected chi connectivity index (χ3v) is 7.08. The number of carbonyl (C=O) groups is 2. The minimum atomic E-state index is -0.0408. The number of unbranched alkanes of at least 4 members (excludes halogenated alkanes) is 8. The average Bonchev–Trinajstić information content (AvgIpc) is 3.15. The van der Waals surface area contributed by atoms with Gasteiger partial charge in [-0.3, -0.25) is 9.59 Å². The fraction of sp³-hybridized carbons (Fsp3) is 0.917. The Bertz CT molecular complexity index is 467. The van der Waals surface area contributed by atoms with Gasteiger partial charge in [-0.25, -0.2) is 0 Å². The lowest BCUT2D eigenvalue weighted by molar-refractivity contribution is -0.128. The Kier molecular flexibility index (Phi) is 9.32. The normalized spacial score (nSPS) is 27.2. The maximum atomic E-state index is 13.0. The van der Waals surface area contributed by atoms with Crippen LogP contribution < -0.4 is 5.32 Å². The summed E-state index contributed by atoms with van der Waals surface area (Å²) in [5.41, 5.74) is -0.0408. The Morgan fingerprint density at radius 1 is 0.852 bits per heavy atom. The van der Waals surface area contributed by atoms with Crippen LogP contribution in [0, 0.1) is 17.8 Å². The van der Waals surface area contributed by atoms with Crippen molar-refractivity contribution >= 4 is 11.7 Å². The van der Waals surface area contributed by atoms with E-state index in [2.05, 4.69) is 19.2 Å². The smallest absolute Gasteiger partial charge is 0.223 e. The lowest BCUT2D eigenvalue weighted by Gasteiger charge is -2.40. The first-order chi connectivity index (χ1) is 13.0. The van der Waals surface area contributed by atoms with E-state index in [-0.39, 0.29) is 23.3 Å². The molecule has 27 heavy (non-hydrogen) atoms. The van der Waals surface area contributed by atoms with E-state index >= 15 is 0 Å². The molecule has 1 N–H and O–H groups in total. The van der Waals surface area contributed by atoms with E-state index in [1.54, 1.807) is 6.92 Å². The monoisotopic (exact) mass is 377 g/mol. The molecule has 2 bridgehead atoms. The molecule has 3 heteroatoms. The molecule has 3 aliphatic rings. The molecule has 3 aliphatic carbocycles.